The van der Waals surface area contributed by atoms with Gasteiger partial charge in [-0.25, -0.2) is 0 Å². The molecule has 6 heteroatoms. The number of benzene rings is 1. The lowest BCUT2D eigenvalue weighted by Crippen LogP contribution is -2.44. The molecular weight excluding hydrogens is 306 g/mol. The quantitative estimate of drug-likeness (QED) is 0.813. The molecule has 0 bridgehead atoms. The number of halogens is 1. The van der Waals surface area contributed by atoms with Crippen molar-refractivity contribution in [2.75, 3.05) is 13.7 Å². The average molecular weight is 328 g/mol. The number of methoxy groups -OCH3 is 1. The third kappa shape index (κ3) is 4.20. The molecule has 0 saturated carbocycles. The van der Waals surface area contributed by atoms with E-state index in [0.717, 1.165) is 18.3 Å². The number of aryl methyl sites for hydroxylation is 1. The summed E-state index contributed by atoms with van der Waals surface area (Å²) in [5.41, 5.74) is 7.36. The Balaban J connectivity index is 2.20. The van der Waals surface area contributed by atoms with E-state index in [0.29, 0.717) is 35.8 Å². The predicted molar refractivity (Wildman–Crippen MR) is 84.6 cm³/mol. The monoisotopic (exact) mass is 327 g/mol. The molecule has 1 aliphatic rings. The van der Waals surface area contributed by atoms with Gasteiger partial charge in [0.25, 0.3) is 0 Å². The fourth-order valence-corrected chi connectivity index (χ4v) is 2.92. The lowest BCUT2D eigenvalue weighted by atomic mass is 10.0. The van der Waals surface area contributed by atoms with Crippen LogP contribution in [0.1, 0.15) is 35.7 Å². The highest BCUT2D eigenvalue weighted by Crippen LogP contribution is 2.31. The van der Waals surface area contributed by atoms with Crippen molar-refractivity contribution in [2.24, 2.45) is 5.73 Å². The van der Waals surface area contributed by atoms with E-state index in [2.05, 4.69) is 0 Å². The topological polar surface area (TPSA) is 70.8 Å². The molecule has 5 nitrogen and oxygen atoms in total. The van der Waals surface area contributed by atoms with Gasteiger partial charge in [-0.2, -0.15) is 0 Å². The van der Waals surface area contributed by atoms with Crippen LogP contribution in [0.2, 0.25) is 5.02 Å². The molecule has 2 unspecified atom stereocenters. The highest BCUT2D eigenvalue weighted by Gasteiger charge is 2.29. The first-order chi connectivity index (χ1) is 10.6. The first-order valence-corrected chi connectivity index (χ1v) is 7.79. The van der Waals surface area contributed by atoms with Crippen LogP contribution >= 0.6 is 11.6 Å². The van der Waals surface area contributed by atoms with Crippen LogP contribution in [-0.4, -0.2) is 38.4 Å². The van der Waals surface area contributed by atoms with E-state index < -0.39 is 6.29 Å². The summed E-state index contributed by atoms with van der Waals surface area (Å²) < 4.78 is 16.9. The number of aldehydes is 1. The van der Waals surface area contributed by atoms with Gasteiger partial charge in [-0.15, -0.1) is 0 Å². The lowest BCUT2D eigenvalue weighted by molar-refractivity contribution is -0.165. The van der Waals surface area contributed by atoms with Crippen LogP contribution in [0.15, 0.2) is 12.1 Å². The van der Waals surface area contributed by atoms with Crippen LogP contribution in [-0.2, 0) is 15.9 Å². The van der Waals surface area contributed by atoms with Crippen molar-refractivity contribution in [3.8, 4) is 5.75 Å². The minimum Gasteiger partial charge on any atom is -0.464 e. The molecule has 1 aromatic rings. The zero-order chi connectivity index (χ0) is 16.1. The van der Waals surface area contributed by atoms with E-state index in [1.165, 1.54) is 0 Å². The summed E-state index contributed by atoms with van der Waals surface area (Å²) in [6.07, 6.45) is 2.16. The van der Waals surface area contributed by atoms with Crippen molar-refractivity contribution in [3.63, 3.8) is 0 Å². The third-order valence-corrected chi connectivity index (χ3v) is 3.89. The Labute approximate surface area is 135 Å². The Morgan fingerprint density at radius 1 is 1.45 bits per heavy atom. The zero-order valence-corrected chi connectivity index (χ0v) is 13.6. The van der Waals surface area contributed by atoms with Crippen LogP contribution in [0.25, 0.3) is 0 Å². The predicted octanol–water partition coefficient (Wildman–Crippen LogP) is 2.57. The fraction of sp³-hybridized carbons (Fsp3) is 0.562. The molecule has 1 saturated heterocycles. The van der Waals surface area contributed by atoms with E-state index in [1.54, 1.807) is 19.2 Å². The van der Waals surface area contributed by atoms with E-state index in [9.17, 15) is 4.79 Å². The van der Waals surface area contributed by atoms with Gasteiger partial charge < -0.3 is 19.9 Å². The molecule has 0 spiro atoms. The van der Waals surface area contributed by atoms with E-state index in [4.69, 9.17) is 31.5 Å². The normalized spacial score (nSPS) is 25.0. The van der Waals surface area contributed by atoms with Gasteiger partial charge in [0.15, 0.2) is 6.29 Å². The average Bonchev–Trinajstić information content (AvgIpc) is 2.48. The highest BCUT2D eigenvalue weighted by atomic mass is 35.5. The van der Waals surface area contributed by atoms with Gasteiger partial charge in [-0.05, 0) is 30.5 Å². The maximum atomic E-state index is 11.3. The molecule has 1 aromatic carbocycles. The van der Waals surface area contributed by atoms with Crippen molar-refractivity contribution < 1.29 is 19.0 Å². The van der Waals surface area contributed by atoms with Crippen molar-refractivity contribution >= 4 is 17.9 Å². The van der Waals surface area contributed by atoms with Crippen LogP contribution < -0.4 is 10.5 Å². The van der Waals surface area contributed by atoms with Crippen LogP contribution in [0.5, 0.6) is 5.75 Å². The molecule has 0 radical (unpaired) electrons. The molecular formula is C16H22ClNO4. The minimum atomic E-state index is -0.492. The second kappa shape index (κ2) is 7.92. The van der Waals surface area contributed by atoms with Gasteiger partial charge in [-0.3, -0.25) is 4.79 Å². The van der Waals surface area contributed by atoms with E-state index in [1.807, 2.05) is 6.92 Å². The standard InChI is InChI=1S/C16H22ClNO4/c1-3-10-4-12(17)5-11(8-19)16(10)22-15-7-13(18)6-14(21-15)9-20-2/h4-5,8,13-15H,3,6-7,9,18H2,1-2H3/t13-,14?,15?/m0/s1. The molecule has 22 heavy (non-hydrogen) atoms. The lowest BCUT2D eigenvalue weighted by Gasteiger charge is -2.34. The second-order valence-corrected chi connectivity index (χ2v) is 5.88. The second-order valence-electron chi connectivity index (χ2n) is 5.45. The number of rotatable bonds is 6. The molecule has 0 amide bonds. The summed E-state index contributed by atoms with van der Waals surface area (Å²) in [5, 5.41) is 0.518. The number of hydrogen-bond acceptors (Lipinski definition) is 5. The minimum absolute atomic E-state index is 0.0176. The summed E-state index contributed by atoms with van der Waals surface area (Å²) >= 11 is 6.03. The highest BCUT2D eigenvalue weighted by molar-refractivity contribution is 6.31. The fourth-order valence-electron chi connectivity index (χ4n) is 2.67. The Kier molecular flexibility index (Phi) is 6.20. The van der Waals surface area contributed by atoms with Crippen LogP contribution in [0, 0.1) is 0 Å². The smallest absolute Gasteiger partial charge is 0.201 e. The van der Waals surface area contributed by atoms with Crippen LogP contribution in [0.3, 0.4) is 0 Å². The Morgan fingerprint density at radius 3 is 2.86 bits per heavy atom. The number of carbonyl (C=O) groups excluding carboxylic acids is 1. The van der Waals surface area contributed by atoms with Gasteiger partial charge in [0.05, 0.1) is 18.3 Å². The van der Waals surface area contributed by atoms with Crippen molar-refractivity contribution in [3.05, 3.63) is 28.3 Å². The Hall–Kier alpha value is -1.14. The van der Waals surface area contributed by atoms with Gasteiger partial charge in [0.2, 0.25) is 6.29 Å². The summed E-state index contributed by atoms with van der Waals surface area (Å²) in [7, 11) is 1.62. The van der Waals surface area contributed by atoms with Crippen molar-refractivity contribution in [2.45, 2.75) is 44.6 Å². The van der Waals surface area contributed by atoms with Crippen LogP contribution in [0.4, 0.5) is 0 Å². The van der Waals surface area contributed by atoms with E-state index in [-0.39, 0.29) is 12.1 Å². The zero-order valence-electron chi connectivity index (χ0n) is 12.9. The third-order valence-electron chi connectivity index (χ3n) is 3.67. The first kappa shape index (κ1) is 17.2. The summed E-state index contributed by atoms with van der Waals surface area (Å²) in [5.74, 6) is 0.525. The number of carbonyl (C=O) groups is 1. The van der Waals surface area contributed by atoms with Gasteiger partial charge in [-0.1, -0.05) is 18.5 Å². The molecule has 122 valence electrons. The molecule has 1 aliphatic heterocycles. The molecule has 1 heterocycles. The van der Waals surface area contributed by atoms with Gasteiger partial charge in [0, 0.05) is 24.6 Å². The summed E-state index contributed by atoms with van der Waals surface area (Å²) in [4.78, 5) is 11.3. The molecule has 1 fully saturated rings. The SMILES string of the molecule is CCc1cc(Cl)cc(C=O)c1OC1C[C@@H](N)CC(COC)O1. The maximum absolute atomic E-state index is 11.3. The summed E-state index contributed by atoms with van der Waals surface area (Å²) in [6, 6.07) is 3.38. The van der Waals surface area contributed by atoms with Crippen molar-refractivity contribution in [1.82, 2.24) is 0 Å². The largest absolute Gasteiger partial charge is 0.464 e. The Morgan fingerprint density at radius 2 is 2.23 bits per heavy atom. The number of ether oxygens (including phenoxy) is 3. The first-order valence-electron chi connectivity index (χ1n) is 7.41. The molecule has 3 atom stereocenters. The number of hydrogen-bond donors (Lipinski definition) is 1. The molecule has 2 rings (SSSR count). The van der Waals surface area contributed by atoms with Crippen molar-refractivity contribution in [1.29, 1.82) is 0 Å². The maximum Gasteiger partial charge on any atom is 0.201 e. The Bertz CT molecular complexity index is 523. The molecule has 2 N–H and O–H groups in total. The van der Waals surface area contributed by atoms with Gasteiger partial charge in [0.1, 0.15) is 5.75 Å². The van der Waals surface area contributed by atoms with Gasteiger partial charge >= 0.3 is 0 Å². The summed E-state index contributed by atoms with van der Waals surface area (Å²) in [6.45, 7) is 2.45. The molecule has 0 aromatic heterocycles. The number of nitrogens with two attached hydrogens (primary N) is 1. The molecule has 0 aliphatic carbocycles. The van der Waals surface area contributed by atoms with E-state index >= 15 is 0 Å².